The molecule has 0 bridgehead atoms. The molecule has 1 aliphatic carbocycles. The minimum Gasteiger partial charge on any atom is -0.507 e. The van der Waals surface area contributed by atoms with Crippen molar-refractivity contribution in [3.63, 3.8) is 0 Å². The van der Waals surface area contributed by atoms with Crippen LogP contribution in [0.3, 0.4) is 0 Å². The largest absolute Gasteiger partial charge is 0.534 e. The molecule has 0 radical (unpaired) electrons. The van der Waals surface area contributed by atoms with E-state index in [-0.39, 0.29) is 105 Å². The van der Waals surface area contributed by atoms with Crippen LogP contribution in [0.4, 0.5) is 52.7 Å². The number of rotatable bonds is 17. The molecular weight excluding hydrogens is 2240 g/mol. The summed E-state index contributed by atoms with van der Waals surface area (Å²) in [6, 6.07) is 50.4. The molecule has 0 unspecified atom stereocenters. The maximum Gasteiger partial charge on any atom is 0.534 e. The lowest BCUT2D eigenvalue weighted by atomic mass is 9.91. The Balaban J connectivity index is 0.000000264. The number of phenols is 2. The Hall–Kier alpha value is -10.5. The number of esters is 2. The molecule has 14 rings (SSSR count). The number of hydrogen-bond donors (Lipinski definition) is 5. The Bertz CT molecular complexity index is 6280. The fourth-order valence-corrected chi connectivity index (χ4v) is 14.8. The van der Waals surface area contributed by atoms with Gasteiger partial charge in [0.25, 0.3) is 0 Å². The third-order valence-corrected chi connectivity index (χ3v) is 23.3. The normalized spacial score (nSPS) is 11.6. The Morgan fingerprint density at radius 3 is 1.31 bits per heavy atom. The number of carbonyl (C=O) groups is 5. The lowest BCUT2D eigenvalue weighted by molar-refractivity contribution is -0.141. The number of alkyl halides is 3. The molecule has 1 fully saturated rings. The molecule has 0 atom stereocenters. The summed E-state index contributed by atoms with van der Waals surface area (Å²) in [4.78, 5) is 53.4. The van der Waals surface area contributed by atoms with Gasteiger partial charge in [-0.05, 0) is 353 Å². The summed E-state index contributed by atoms with van der Waals surface area (Å²) in [5.74, 6) is -6.66. The number of allylic oxidation sites excluding steroid dienone is 1. The number of halogens is 19. The van der Waals surface area contributed by atoms with Gasteiger partial charge in [0.15, 0.2) is 11.5 Å². The summed E-state index contributed by atoms with van der Waals surface area (Å²) in [6.45, 7) is 2.10. The highest BCUT2D eigenvalue weighted by molar-refractivity contribution is 9.11. The van der Waals surface area contributed by atoms with E-state index in [0.29, 0.717) is 104 Å². The molecule has 704 valence electrons. The van der Waals surface area contributed by atoms with Crippen molar-refractivity contribution >= 4 is 184 Å². The lowest BCUT2D eigenvalue weighted by Crippen LogP contribution is -2.28. The summed E-state index contributed by atoms with van der Waals surface area (Å²) in [5.41, 5.74) is -0.0232. The zero-order chi connectivity index (χ0) is 98.8. The van der Waals surface area contributed by atoms with Crippen LogP contribution >= 0.6 is 112 Å². The van der Waals surface area contributed by atoms with Gasteiger partial charge in [-0.1, -0.05) is 72.8 Å². The van der Waals surface area contributed by atoms with Crippen LogP contribution in [0.2, 0.25) is 0 Å². The van der Waals surface area contributed by atoms with Crippen LogP contribution in [-0.2, 0) is 82.0 Å². The number of aliphatic hydroxyl groups is 1. The summed E-state index contributed by atoms with van der Waals surface area (Å²) >= 11 is 21.5. The number of ether oxygens (including phenoxy) is 3. The van der Waals surface area contributed by atoms with Crippen molar-refractivity contribution in [3.8, 4) is 29.4 Å². The second-order valence-electron chi connectivity index (χ2n) is 27.7. The molecule has 18 nitrogen and oxygen atoms in total. The van der Waals surface area contributed by atoms with Crippen molar-refractivity contribution in [2.24, 2.45) is 0 Å². The van der Waals surface area contributed by atoms with Crippen LogP contribution in [-0.4, -0.2) is 103 Å². The molecule has 12 aromatic carbocycles. The van der Waals surface area contributed by atoms with E-state index < -0.39 is 50.9 Å². The number of phenolic OH excluding ortho intramolecular Hbond substituents is 2. The molecular formula is C95H79Br7F12N2O16S. The van der Waals surface area contributed by atoms with E-state index in [1.807, 2.05) is 6.07 Å². The molecule has 38 heteroatoms. The van der Waals surface area contributed by atoms with E-state index in [9.17, 15) is 95.3 Å². The first-order chi connectivity index (χ1) is 62.9. The number of fused-ring (bicyclic) bond motifs is 4. The number of ketones is 1. The van der Waals surface area contributed by atoms with E-state index in [1.165, 1.54) is 124 Å². The standard InChI is InChI=1S/C12H5F4NO3S.C11H12BrFO2.C11H10BrFO2.C11H6FNO.C10H10BrFO2.C10H8BrFO.C10H6BrFO.C8H6BrFO2.C8H8BrFO.C4H8O/c13-10-5-9-7(4-8(10)6-17)2-1-3-11(9)20-21(18,19)12(14,15)16;2*1-15-11(14)4-2-3-8-5-6-10(13)9(12)7-8;12-10-5-9-7(4-8(10)6-13)2-1-3-11(9)14;11-8-6-7(4-5-9(8)12)2-1-3-10(13)14;2*11-8-4-6-2-1-3-10(13)7(6)5-9(8)12;9-6-3-5(4-8(11)12)1-2-7(6)10;9-7-5-6(3-4-11)1-2-8(7)10;1-2-4-5-3-1/h1-5H;5-7H,2-4H2,1H3;2,4-7H,3H2,1H3;1-5,14H;4-6H,1-3H2,(H,13,14);4-5H,1-3H2;1-5,13H;1-3H,4H2,(H,11,12);1-2,5,11H,3-4H2;1-4H2/b;;4-2+;;;;;;;. The van der Waals surface area contributed by atoms with Crippen LogP contribution in [0.25, 0.3) is 32.3 Å². The van der Waals surface area contributed by atoms with Gasteiger partial charge in [-0.25, -0.2) is 44.3 Å². The number of aromatic hydroxyl groups is 2. The van der Waals surface area contributed by atoms with Gasteiger partial charge < -0.3 is 43.9 Å². The fourth-order valence-electron chi connectivity index (χ4n) is 11.4. The summed E-state index contributed by atoms with van der Waals surface area (Å²) in [6.07, 6.45) is 12.2. The molecule has 5 N–H and O–H groups in total. The third kappa shape index (κ3) is 39.1. The molecule has 0 amide bonds. The first-order valence-electron chi connectivity index (χ1n) is 39.1. The molecule has 1 saturated heterocycles. The number of nitrogens with zero attached hydrogens (tertiary/aromatic N) is 2. The van der Waals surface area contributed by atoms with Crippen LogP contribution in [0.5, 0.6) is 17.2 Å². The van der Waals surface area contributed by atoms with E-state index in [4.69, 9.17) is 30.6 Å². The van der Waals surface area contributed by atoms with Crippen molar-refractivity contribution in [1.82, 2.24) is 0 Å². The molecule has 133 heavy (non-hydrogen) atoms. The van der Waals surface area contributed by atoms with Crippen LogP contribution < -0.4 is 4.18 Å². The number of aryl methyl sites for hydroxylation is 3. The van der Waals surface area contributed by atoms with E-state index in [0.717, 1.165) is 83.9 Å². The molecule has 12 aromatic rings. The quantitative estimate of drug-likeness (QED) is 0.0186. The first kappa shape index (κ1) is 113. The highest BCUT2D eigenvalue weighted by Crippen LogP contribution is 2.35. The van der Waals surface area contributed by atoms with Gasteiger partial charge in [-0.2, -0.15) is 32.1 Å². The van der Waals surface area contributed by atoms with Gasteiger partial charge in [0.2, 0.25) is 0 Å². The van der Waals surface area contributed by atoms with Crippen molar-refractivity contribution in [1.29, 1.82) is 10.5 Å². The summed E-state index contributed by atoms with van der Waals surface area (Å²) in [7, 11) is -3.17. The average molecular weight is 2320 g/mol. The van der Waals surface area contributed by atoms with Crippen LogP contribution in [0, 0.1) is 75.0 Å². The molecule has 0 saturated carbocycles. The number of benzene rings is 12. The number of carboxylic acid groups (broad SMARTS) is 2. The van der Waals surface area contributed by atoms with Crippen molar-refractivity contribution in [3.05, 3.63) is 340 Å². The Kier molecular flexibility index (Phi) is 48.6. The third-order valence-electron chi connectivity index (χ3n) is 18.0. The van der Waals surface area contributed by atoms with E-state index >= 15 is 0 Å². The molecule has 1 heterocycles. The number of methoxy groups -OCH3 is 2. The zero-order valence-corrected chi connectivity index (χ0v) is 81.8. The number of carboxylic acids is 2. The predicted molar refractivity (Wildman–Crippen MR) is 502 cm³/mol. The van der Waals surface area contributed by atoms with Gasteiger partial charge in [-0.3, -0.25) is 19.2 Å². The van der Waals surface area contributed by atoms with E-state index in [1.54, 1.807) is 97.1 Å². The van der Waals surface area contributed by atoms with Gasteiger partial charge in [0, 0.05) is 66.9 Å². The zero-order valence-electron chi connectivity index (χ0n) is 69.9. The minimum atomic E-state index is -5.86. The second-order valence-corrected chi connectivity index (χ2v) is 35.2. The fraction of sp³-hybridized carbons (Fsp3) is 0.211. The van der Waals surface area contributed by atoms with Gasteiger partial charge in [0.05, 0.1) is 63.1 Å². The number of aliphatic carboxylic acids is 2. The number of hydrogen-bond acceptors (Lipinski definition) is 16. The number of nitriles is 2. The predicted octanol–water partition coefficient (Wildman–Crippen LogP) is 26.3. The van der Waals surface area contributed by atoms with Gasteiger partial charge in [-0.15, -0.1) is 0 Å². The van der Waals surface area contributed by atoms with Gasteiger partial charge >= 0.3 is 39.5 Å². The summed E-state index contributed by atoms with van der Waals surface area (Å²) in [5, 5.41) is 63.9. The highest BCUT2D eigenvalue weighted by atomic mass is 79.9. The second kappa shape index (κ2) is 57.3. The SMILES string of the molecule is C1CCOC1.COC(=O)/C=C/Cc1ccc(F)c(Br)c1.COC(=O)CCCc1ccc(F)c(Br)c1.N#Cc1cc2cccc(O)c2cc1F.N#Cc1cc2cccc(OS(=O)(=O)C(F)(F)F)c2cc1F.O=C(O)CCCc1ccc(F)c(Br)c1.O=C(O)Cc1ccc(F)c(Br)c1.O=C1CCCc2cc(Br)c(F)cc21.OCCc1ccc(F)c(Br)c1.Oc1cccc2cc(Br)c(F)cc12. The van der Waals surface area contributed by atoms with Crippen LogP contribution in [0.1, 0.15) is 106 Å². The van der Waals surface area contributed by atoms with Crippen molar-refractivity contribution in [2.45, 2.75) is 95.4 Å². The topological polar surface area (TPSA) is 305 Å². The minimum absolute atomic E-state index is 0.0110. The molecule has 0 aromatic heterocycles. The number of aliphatic hydroxyl groups excluding tert-OH is 1. The number of carbonyl (C=O) groups excluding carboxylic acids is 3. The molecule has 0 spiro atoms. The Morgan fingerprint density at radius 1 is 0.466 bits per heavy atom. The van der Waals surface area contributed by atoms with Crippen molar-refractivity contribution in [2.75, 3.05) is 34.0 Å². The first-order valence-corrected chi connectivity index (χ1v) is 46.0. The van der Waals surface area contributed by atoms with Crippen molar-refractivity contribution < 1.29 is 129 Å². The summed E-state index contributed by atoms with van der Waals surface area (Å²) < 4.78 is 196. The van der Waals surface area contributed by atoms with E-state index in [2.05, 4.69) is 125 Å². The molecule has 1 aliphatic heterocycles. The highest BCUT2D eigenvalue weighted by Gasteiger charge is 2.49. The smallest absolute Gasteiger partial charge is 0.507 e. The number of Topliss-reactive ketones (excluding diaryl/α,β-unsaturated/α-hetero) is 1. The molecule has 2 aliphatic rings. The average Bonchev–Trinajstić information content (AvgIpc) is 1.23. The monoisotopic (exact) mass is 2320 g/mol. The Morgan fingerprint density at radius 2 is 0.872 bits per heavy atom. The lowest BCUT2D eigenvalue weighted by Gasteiger charge is -2.14. The van der Waals surface area contributed by atoms with Gasteiger partial charge in [0.1, 0.15) is 76.0 Å². The Labute approximate surface area is 815 Å². The maximum atomic E-state index is 13.5. The maximum absolute atomic E-state index is 13.5. The van der Waals surface area contributed by atoms with Crippen LogP contribution in [0.15, 0.2) is 238 Å².